The average molecular weight is 542 g/mol. The number of rotatable bonds is 13. The van der Waals surface area contributed by atoms with E-state index in [2.05, 4.69) is 5.32 Å². The summed E-state index contributed by atoms with van der Waals surface area (Å²) in [5.74, 6) is -3.43. The smallest absolute Gasteiger partial charge is 0.243 e. The lowest BCUT2D eigenvalue weighted by Crippen LogP contribution is -2.50. The number of nitrogens with one attached hydrogen (secondary N) is 1. The van der Waals surface area contributed by atoms with E-state index in [0.29, 0.717) is 18.4 Å². The van der Waals surface area contributed by atoms with E-state index in [-0.39, 0.29) is 43.6 Å². The van der Waals surface area contributed by atoms with E-state index in [0.717, 1.165) is 28.8 Å². The summed E-state index contributed by atoms with van der Waals surface area (Å²) in [7, 11) is -3.85. The summed E-state index contributed by atoms with van der Waals surface area (Å²) in [6.07, 6.45) is 1.93. The number of benzene rings is 2. The first kappa shape index (κ1) is 30.1. The van der Waals surface area contributed by atoms with Gasteiger partial charge in [0, 0.05) is 31.6 Å². The van der Waals surface area contributed by atoms with Gasteiger partial charge in [0.1, 0.15) is 11.9 Å². The number of sulfonamides is 1. The van der Waals surface area contributed by atoms with E-state index in [9.17, 15) is 31.2 Å². The Morgan fingerprint density at radius 1 is 0.973 bits per heavy atom. The first-order chi connectivity index (χ1) is 17.4. The fourth-order valence-electron chi connectivity index (χ4n) is 3.79. The second kappa shape index (κ2) is 13.5. The van der Waals surface area contributed by atoms with Gasteiger partial charge in [-0.2, -0.15) is 0 Å². The average Bonchev–Trinajstić information content (AvgIpc) is 2.83. The third-order valence-corrected chi connectivity index (χ3v) is 7.19. The minimum absolute atomic E-state index is 0.0589. The molecular weight excluding hydrogens is 507 g/mol. The molecule has 0 radical (unpaired) electrons. The Labute approximate surface area is 216 Å². The van der Waals surface area contributed by atoms with Crippen molar-refractivity contribution in [2.75, 3.05) is 17.1 Å². The van der Waals surface area contributed by atoms with Crippen LogP contribution in [0, 0.1) is 17.5 Å². The van der Waals surface area contributed by atoms with Crippen molar-refractivity contribution >= 4 is 27.5 Å². The fraction of sp³-hybridized carbons (Fsp3) is 0.462. The largest absolute Gasteiger partial charge is 0.352 e. The summed E-state index contributed by atoms with van der Waals surface area (Å²) >= 11 is 0. The van der Waals surface area contributed by atoms with Crippen molar-refractivity contribution in [3.8, 4) is 0 Å². The maximum Gasteiger partial charge on any atom is 0.243 e. The molecule has 1 N–H and O–H groups in total. The number of hydrogen-bond donors (Lipinski definition) is 1. The standard InChI is InChI=1S/C26H34F3N3O4S/c1-5-18(3)30-26(34)24(6-2)31(17-19-9-11-20(27)12-10-19)25(33)8-7-15-32(37(4,35)36)21-13-14-22(28)23(29)16-21/h9-14,16,18,24H,5-8,15,17H2,1-4H3,(H,30,34)/t18-,24+/m0/s1. The number of amides is 2. The van der Waals surface area contributed by atoms with Gasteiger partial charge >= 0.3 is 0 Å². The van der Waals surface area contributed by atoms with Gasteiger partial charge in [-0.25, -0.2) is 21.6 Å². The molecule has 0 aliphatic carbocycles. The zero-order chi connectivity index (χ0) is 27.8. The quantitative estimate of drug-likeness (QED) is 0.408. The molecule has 0 fully saturated rings. The first-order valence-electron chi connectivity index (χ1n) is 12.1. The second-order valence-corrected chi connectivity index (χ2v) is 10.8. The lowest BCUT2D eigenvalue weighted by Gasteiger charge is -2.32. The summed E-state index contributed by atoms with van der Waals surface area (Å²) in [4.78, 5) is 27.7. The van der Waals surface area contributed by atoms with Gasteiger partial charge in [0.25, 0.3) is 0 Å². The monoisotopic (exact) mass is 541 g/mol. The Morgan fingerprint density at radius 3 is 2.16 bits per heavy atom. The summed E-state index contributed by atoms with van der Waals surface area (Å²) in [6.45, 7) is 5.46. The molecule has 0 spiro atoms. The molecule has 0 aliphatic heterocycles. The molecule has 0 aromatic heterocycles. The highest BCUT2D eigenvalue weighted by molar-refractivity contribution is 7.92. The normalized spacial score (nSPS) is 13.1. The zero-order valence-electron chi connectivity index (χ0n) is 21.5. The van der Waals surface area contributed by atoms with Gasteiger partial charge in [0.05, 0.1) is 11.9 Å². The van der Waals surface area contributed by atoms with Crippen molar-refractivity contribution in [3.05, 3.63) is 65.5 Å². The van der Waals surface area contributed by atoms with Gasteiger partial charge in [0.15, 0.2) is 11.6 Å². The van der Waals surface area contributed by atoms with Crippen LogP contribution in [0.25, 0.3) is 0 Å². The molecule has 0 saturated carbocycles. The zero-order valence-corrected chi connectivity index (χ0v) is 22.3. The molecule has 0 unspecified atom stereocenters. The Hall–Kier alpha value is -3.08. The van der Waals surface area contributed by atoms with Crippen LogP contribution in [0.15, 0.2) is 42.5 Å². The van der Waals surface area contributed by atoms with Crippen molar-refractivity contribution in [2.45, 2.75) is 65.1 Å². The Bertz CT molecular complexity index is 1180. The first-order valence-corrected chi connectivity index (χ1v) is 14.0. The van der Waals surface area contributed by atoms with E-state index >= 15 is 0 Å². The molecule has 2 atom stereocenters. The van der Waals surface area contributed by atoms with Crippen LogP contribution >= 0.6 is 0 Å². The number of carbonyl (C=O) groups excluding carboxylic acids is 2. The van der Waals surface area contributed by atoms with Gasteiger partial charge in [-0.05, 0) is 56.0 Å². The highest BCUT2D eigenvalue weighted by Gasteiger charge is 2.29. The number of carbonyl (C=O) groups is 2. The van der Waals surface area contributed by atoms with Gasteiger partial charge < -0.3 is 10.2 Å². The minimum Gasteiger partial charge on any atom is -0.352 e. The minimum atomic E-state index is -3.85. The van der Waals surface area contributed by atoms with Gasteiger partial charge in [-0.15, -0.1) is 0 Å². The van der Waals surface area contributed by atoms with Crippen molar-refractivity contribution in [1.82, 2.24) is 10.2 Å². The molecule has 2 amide bonds. The van der Waals surface area contributed by atoms with Gasteiger partial charge in [0.2, 0.25) is 21.8 Å². The molecule has 2 rings (SSSR count). The maximum absolute atomic E-state index is 13.7. The van der Waals surface area contributed by atoms with Crippen LogP contribution in [0.5, 0.6) is 0 Å². The Balaban J connectivity index is 2.23. The number of halogens is 3. The fourth-order valence-corrected chi connectivity index (χ4v) is 4.75. The van der Waals surface area contributed by atoms with Crippen LogP contribution in [-0.4, -0.2) is 50.0 Å². The molecule has 11 heteroatoms. The number of nitrogens with zero attached hydrogens (tertiary/aromatic N) is 2. The van der Waals surface area contributed by atoms with E-state index in [1.807, 2.05) is 13.8 Å². The van der Waals surface area contributed by atoms with Crippen LogP contribution in [0.4, 0.5) is 18.9 Å². The van der Waals surface area contributed by atoms with Gasteiger partial charge in [-0.1, -0.05) is 26.0 Å². The number of hydrogen-bond acceptors (Lipinski definition) is 4. The van der Waals surface area contributed by atoms with Crippen molar-refractivity contribution in [1.29, 1.82) is 0 Å². The maximum atomic E-state index is 13.7. The summed E-state index contributed by atoms with van der Waals surface area (Å²) in [5, 5.41) is 2.89. The highest BCUT2D eigenvalue weighted by atomic mass is 32.2. The Kier molecular flexibility index (Phi) is 11.0. The van der Waals surface area contributed by atoms with Crippen molar-refractivity contribution in [2.24, 2.45) is 0 Å². The van der Waals surface area contributed by atoms with Crippen LogP contribution in [-0.2, 0) is 26.2 Å². The van der Waals surface area contributed by atoms with E-state index < -0.39 is 39.4 Å². The lowest BCUT2D eigenvalue weighted by atomic mass is 10.1. The molecule has 0 heterocycles. The lowest BCUT2D eigenvalue weighted by molar-refractivity contribution is -0.141. The van der Waals surface area contributed by atoms with Crippen LogP contribution in [0.1, 0.15) is 52.0 Å². The SMILES string of the molecule is CC[C@H](C(=O)N[C@@H](C)CC)N(Cc1ccc(F)cc1)C(=O)CCCN(c1ccc(F)c(F)c1)S(C)(=O)=O. The van der Waals surface area contributed by atoms with Crippen LogP contribution in [0.2, 0.25) is 0 Å². The molecule has 204 valence electrons. The second-order valence-electron chi connectivity index (χ2n) is 8.93. The van der Waals surface area contributed by atoms with E-state index in [1.165, 1.54) is 29.2 Å². The summed E-state index contributed by atoms with van der Waals surface area (Å²) < 4.78 is 66.0. The summed E-state index contributed by atoms with van der Waals surface area (Å²) in [6, 6.07) is 7.48. The van der Waals surface area contributed by atoms with Crippen LogP contribution in [0.3, 0.4) is 0 Å². The third-order valence-electron chi connectivity index (χ3n) is 6.00. The van der Waals surface area contributed by atoms with Crippen molar-refractivity contribution < 1.29 is 31.2 Å². The molecule has 2 aromatic carbocycles. The molecule has 0 aliphatic rings. The summed E-state index contributed by atoms with van der Waals surface area (Å²) in [5.41, 5.74) is 0.570. The number of anilines is 1. The van der Waals surface area contributed by atoms with E-state index in [4.69, 9.17) is 0 Å². The molecule has 0 bridgehead atoms. The molecule has 7 nitrogen and oxygen atoms in total. The topological polar surface area (TPSA) is 86.8 Å². The molecule has 0 saturated heterocycles. The third kappa shape index (κ3) is 8.77. The molecule has 2 aromatic rings. The predicted octanol–water partition coefficient (Wildman–Crippen LogP) is 4.37. The van der Waals surface area contributed by atoms with Crippen molar-refractivity contribution in [3.63, 3.8) is 0 Å². The van der Waals surface area contributed by atoms with Crippen LogP contribution < -0.4 is 9.62 Å². The van der Waals surface area contributed by atoms with Gasteiger partial charge in [-0.3, -0.25) is 13.9 Å². The highest BCUT2D eigenvalue weighted by Crippen LogP contribution is 2.22. The molecular formula is C26H34F3N3O4S. The Morgan fingerprint density at radius 2 is 1.62 bits per heavy atom. The predicted molar refractivity (Wildman–Crippen MR) is 137 cm³/mol. The van der Waals surface area contributed by atoms with E-state index in [1.54, 1.807) is 6.92 Å². The molecule has 37 heavy (non-hydrogen) atoms.